The number of fused-ring (bicyclic) bond motifs is 1. The van der Waals surface area contributed by atoms with Crippen LogP contribution < -0.4 is 5.68 Å². The standard InChI is InChI=1S/C13H9IN2O2/c14-8-1-3-9(4-2-8)16-11-7-10(17)5-6-12(11)18-13(16)15/h1-7,15,17H. The van der Waals surface area contributed by atoms with Crippen LogP contribution in [0.1, 0.15) is 0 Å². The van der Waals surface area contributed by atoms with Crippen LogP contribution in [0.3, 0.4) is 0 Å². The summed E-state index contributed by atoms with van der Waals surface area (Å²) in [5, 5.41) is 17.4. The van der Waals surface area contributed by atoms with Gasteiger partial charge < -0.3 is 9.52 Å². The van der Waals surface area contributed by atoms with Crippen LogP contribution in [0.4, 0.5) is 0 Å². The van der Waals surface area contributed by atoms with E-state index in [0.29, 0.717) is 11.1 Å². The maximum absolute atomic E-state index is 9.54. The zero-order chi connectivity index (χ0) is 12.7. The number of oxazole rings is 1. The predicted molar refractivity (Wildman–Crippen MR) is 75.8 cm³/mol. The minimum absolute atomic E-state index is 0.0387. The first-order chi connectivity index (χ1) is 8.65. The highest BCUT2D eigenvalue weighted by atomic mass is 127. The summed E-state index contributed by atoms with van der Waals surface area (Å²) in [7, 11) is 0. The van der Waals surface area contributed by atoms with Gasteiger partial charge in [0.2, 0.25) is 0 Å². The van der Waals surface area contributed by atoms with Gasteiger partial charge in [0, 0.05) is 9.64 Å². The van der Waals surface area contributed by atoms with Crippen molar-refractivity contribution in [3.8, 4) is 11.4 Å². The zero-order valence-electron chi connectivity index (χ0n) is 9.22. The van der Waals surface area contributed by atoms with Crippen molar-refractivity contribution in [3.05, 3.63) is 51.7 Å². The normalized spacial score (nSPS) is 10.9. The molecule has 0 aliphatic heterocycles. The lowest BCUT2D eigenvalue weighted by atomic mass is 10.2. The van der Waals surface area contributed by atoms with E-state index in [9.17, 15) is 5.11 Å². The van der Waals surface area contributed by atoms with Gasteiger partial charge in [-0.25, -0.2) is 0 Å². The second-order valence-electron chi connectivity index (χ2n) is 3.87. The van der Waals surface area contributed by atoms with E-state index in [-0.39, 0.29) is 11.4 Å². The number of hydrogen-bond donors (Lipinski definition) is 2. The highest BCUT2D eigenvalue weighted by molar-refractivity contribution is 14.1. The zero-order valence-corrected chi connectivity index (χ0v) is 11.4. The Bertz CT molecular complexity index is 772. The summed E-state index contributed by atoms with van der Waals surface area (Å²) in [6, 6.07) is 12.6. The van der Waals surface area contributed by atoms with E-state index in [2.05, 4.69) is 22.6 Å². The maximum Gasteiger partial charge on any atom is 0.299 e. The van der Waals surface area contributed by atoms with E-state index < -0.39 is 0 Å². The SMILES string of the molecule is N=c1oc2ccc(O)cc2n1-c1ccc(I)cc1. The molecule has 5 heteroatoms. The van der Waals surface area contributed by atoms with Gasteiger partial charge in [-0.05, 0) is 59.0 Å². The quantitative estimate of drug-likeness (QED) is 0.662. The number of phenols is 1. The molecule has 18 heavy (non-hydrogen) atoms. The largest absolute Gasteiger partial charge is 0.508 e. The fraction of sp³-hybridized carbons (Fsp3) is 0. The second kappa shape index (κ2) is 4.16. The second-order valence-corrected chi connectivity index (χ2v) is 5.12. The lowest BCUT2D eigenvalue weighted by Crippen LogP contribution is -2.11. The van der Waals surface area contributed by atoms with Crippen molar-refractivity contribution in [3.63, 3.8) is 0 Å². The van der Waals surface area contributed by atoms with Gasteiger partial charge in [0.1, 0.15) is 5.75 Å². The van der Waals surface area contributed by atoms with Crippen LogP contribution in [0.2, 0.25) is 0 Å². The molecule has 0 atom stereocenters. The number of benzene rings is 2. The van der Waals surface area contributed by atoms with Crippen molar-refractivity contribution < 1.29 is 9.52 Å². The van der Waals surface area contributed by atoms with E-state index in [1.807, 2.05) is 24.3 Å². The van der Waals surface area contributed by atoms with Gasteiger partial charge in [0.15, 0.2) is 5.58 Å². The molecule has 3 rings (SSSR count). The molecule has 0 radical (unpaired) electrons. The molecule has 0 fully saturated rings. The molecule has 4 nitrogen and oxygen atoms in total. The van der Waals surface area contributed by atoms with Gasteiger partial charge in [0.05, 0.1) is 11.2 Å². The van der Waals surface area contributed by atoms with Crippen LogP contribution in [-0.2, 0) is 0 Å². The molecule has 0 unspecified atom stereocenters. The molecule has 2 aromatic carbocycles. The molecular weight excluding hydrogens is 343 g/mol. The number of nitrogens with one attached hydrogen (secondary N) is 1. The summed E-state index contributed by atoms with van der Waals surface area (Å²) in [5.74, 6) is 0.155. The minimum atomic E-state index is 0.0387. The number of aromatic hydroxyl groups is 1. The van der Waals surface area contributed by atoms with Gasteiger partial charge in [-0.2, -0.15) is 0 Å². The number of hydrogen-bond acceptors (Lipinski definition) is 3. The van der Waals surface area contributed by atoms with E-state index in [0.717, 1.165) is 9.26 Å². The number of rotatable bonds is 1. The number of phenolic OH excluding ortho intramolecular Hbond substituents is 1. The van der Waals surface area contributed by atoms with E-state index >= 15 is 0 Å². The van der Waals surface area contributed by atoms with Gasteiger partial charge >= 0.3 is 0 Å². The van der Waals surface area contributed by atoms with Crippen LogP contribution in [0.5, 0.6) is 5.75 Å². The number of nitrogens with zero attached hydrogens (tertiary/aromatic N) is 1. The highest BCUT2D eigenvalue weighted by Gasteiger charge is 2.09. The van der Waals surface area contributed by atoms with Crippen LogP contribution in [-0.4, -0.2) is 9.67 Å². The Balaban J connectivity index is 2.34. The summed E-state index contributed by atoms with van der Waals surface area (Å²) in [5.41, 5.74) is 2.14. The summed E-state index contributed by atoms with van der Waals surface area (Å²) in [6.45, 7) is 0. The van der Waals surface area contributed by atoms with Crippen LogP contribution in [0.25, 0.3) is 16.8 Å². The molecule has 3 aromatic rings. The summed E-state index contributed by atoms with van der Waals surface area (Å²) in [6.07, 6.45) is 0. The molecule has 0 saturated heterocycles. The molecular formula is C13H9IN2O2. The maximum atomic E-state index is 9.54. The Morgan fingerprint density at radius 1 is 1.11 bits per heavy atom. The lowest BCUT2D eigenvalue weighted by molar-refractivity contribution is 0.475. The molecule has 0 aliphatic carbocycles. The third-order valence-electron chi connectivity index (χ3n) is 2.68. The molecule has 0 amide bonds. The third kappa shape index (κ3) is 1.80. The monoisotopic (exact) mass is 352 g/mol. The summed E-state index contributed by atoms with van der Waals surface area (Å²) >= 11 is 2.23. The van der Waals surface area contributed by atoms with E-state index in [1.165, 1.54) is 0 Å². The third-order valence-corrected chi connectivity index (χ3v) is 3.40. The van der Waals surface area contributed by atoms with Crippen LogP contribution in [0.15, 0.2) is 46.9 Å². The highest BCUT2D eigenvalue weighted by Crippen LogP contribution is 2.22. The average molecular weight is 352 g/mol. The summed E-state index contributed by atoms with van der Waals surface area (Å²) in [4.78, 5) is 0. The van der Waals surface area contributed by atoms with Crippen molar-refractivity contribution in [2.24, 2.45) is 0 Å². The molecule has 0 spiro atoms. The van der Waals surface area contributed by atoms with E-state index in [4.69, 9.17) is 9.83 Å². The van der Waals surface area contributed by atoms with Gasteiger partial charge in [-0.15, -0.1) is 0 Å². The van der Waals surface area contributed by atoms with Gasteiger partial charge in [-0.1, -0.05) is 0 Å². The lowest BCUT2D eigenvalue weighted by Gasteiger charge is -2.03. The molecule has 1 aromatic heterocycles. The smallest absolute Gasteiger partial charge is 0.299 e. The topological polar surface area (TPSA) is 62.1 Å². The molecule has 0 saturated carbocycles. The van der Waals surface area contributed by atoms with Gasteiger partial charge in [-0.3, -0.25) is 9.98 Å². The average Bonchev–Trinajstić information content (AvgIpc) is 2.66. The Hall–Kier alpha value is -1.76. The van der Waals surface area contributed by atoms with Gasteiger partial charge in [0.25, 0.3) is 5.68 Å². The molecule has 0 bridgehead atoms. The predicted octanol–water partition coefficient (Wildman–Crippen LogP) is 3.01. The Morgan fingerprint density at radius 2 is 1.83 bits per heavy atom. The molecule has 2 N–H and O–H groups in total. The van der Waals surface area contributed by atoms with Crippen molar-refractivity contribution >= 4 is 33.7 Å². The Morgan fingerprint density at radius 3 is 2.56 bits per heavy atom. The first-order valence-corrected chi connectivity index (χ1v) is 6.38. The first-order valence-electron chi connectivity index (χ1n) is 5.30. The number of halogens is 1. The van der Waals surface area contributed by atoms with Crippen molar-refractivity contribution in [1.29, 1.82) is 5.41 Å². The van der Waals surface area contributed by atoms with Crippen molar-refractivity contribution in [1.82, 2.24) is 4.57 Å². The number of aromatic nitrogens is 1. The van der Waals surface area contributed by atoms with Crippen molar-refractivity contribution in [2.75, 3.05) is 0 Å². The fourth-order valence-corrected chi connectivity index (χ4v) is 2.23. The Kier molecular flexibility index (Phi) is 2.62. The first kappa shape index (κ1) is 11.3. The Labute approximate surface area is 116 Å². The van der Waals surface area contributed by atoms with Crippen LogP contribution >= 0.6 is 22.6 Å². The molecule has 0 aliphatic rings. The van der Waals surface area contributed by atoms with Crippen LogP contribution in [0, 0.1) is 8.98 Å². The molecule has 90 valence electrons. The minimum Gasteiger partial charge on any atom is -0.508 e. The fourth-order valence-electron chi connectivity index (χ4n) is 1.87. The van der Waals surface area contributed by atoms with E-state index in [1.54, 1.807) is 22.8 Å². The summed E-state index contributed by atoms with van der Waals surface area (Å²) < 4.78 is 8.14. The molecule has 1 heterocycles. The van der Waals surface area contributed by atoms with Crippen molar-refractivity contribution in [2.45, 2.75) is 0 Å².